The fourth-order valence-corrected chi connectivity index (χ4v) is 4.28. The van der Waals surface area contributed by atoms with E-state index < -0.39 is 11.6 Å². The molecule has 4 rings (SSSR count). The van der Waals surface area contributed by atoms with Crippen molar-refractivity contribution in [3.8, 4) is 0 Å². The highest BCUT2D eigenvalue weighted by Gasteiger charge is 2.58. The molecule has 1 saturated carbocycles. The molecule has 7 heteroatoms. The zero-order valence-corrected chi connectivity index (χ0v) is 15.6. The Hall–Kier alpha value is -2.28. The second-order valence-electron chi connectivity index (χ2n) is 7.93. The number of piperidine rings is 1. The van der Waals surface area contributed by atoms with Gasteiger partial charge in [0.25, 0.3) is 0 Å². The smallest absolute Gasteiger partial charge is 0.228 e. The van der Waals surface area contributed by atoms with Crippen LogP contribution in [-0.4, -0.2) is 33.7 Å². The van der Waals surface area contributed by atoms with Crippen molar-refractivity contribution in [3.63, 3.8) is 0 Å². The number of nitrogens with one attached hydrogen (secondary N) is 1. The first-order valence-corrected chi connectivity index (χ1v) is 9.34. The lowest BCUT2D eigenvalue weighted by atomic mass is 9.90. The number of aromatic nitrogens is 2. The van der Waals surface area contributed by atoms with E-state index in [-0.39, 0.29) is 17.2 Å². The SMILES string of the molecule is Cc1nn(C)cc1CN1CCC2(CC1)CC2C(=O)Nc1ccc(F)c(F)c1. The third-order valence-corrected chi connectivity index (χ3v) is 6.05. The van der Waals surface area contributed by atoms with Gasteiger partial charge in [0.2, 0.25) is 5.91 Å². The van der Waals surface area contributed by atoms with Crippen molar-refractivity contribution in [3.05, 3.63) is 47.3 Å². The average Bonchev–Trinajstić information content (AvgIpc) is 3.23. The Labute approximate surface area is 157 Å². The minimum Gasteiger partial charge on any atom is -0.326 e. The Morgan fingerprint density at radius 2 is 2.04 bits per heavy atom. The van der Waals surface area contributed by atoms with Gasteiger partial charge in [-0.25, -0.2) is 8.78 Å². The van der Waals surface area contributed by atoms with Crippen molar-refractivity contribution in [2.75, 3.05) is 18.4 Å². The Kier molecular flexibility index (Phi) is 4.50. The van der Waals surface area contributed by atoms with E-state index in [1.165, 1.54) is 11.6 Å². The van der Waals surface area contributed by atoms with Crippen molar-refractivity contribution >= 4 is 11.6 Å². The lowest BCUT2D eigenvalue weighted by molar-refractivity contribution is -0.118. The van der Waals surface area contributed by atoms with Crippen molar-refractivity contribution < 1.29 is 13.6 Å². The van der Waals surface area contributed by atoms with E-state index in [9.17, 15) is 13.6 Å². The Bertz CT molecular complexity index is 871. The highest BCUT2D eigenvalue weighted by Crippen LogP contribution is 2.59. The number of aryl methyl sites for hydroxylation is 2. The van der Waals surface area contributed by atoms with E-state index in [0.29, 0.717) is 5.69 Å². The fourth-order valence-electron chi connectivity index (χ4n) is 4.28. The van der Waals surface area contributed by atoms with Crippen LogP contribution in [0.2, 0.25) is 0 Å². The quantitative estimate of drug-likeness (QED) is 0.894. The van der Waals surface area contributed by atoms with Crippen LogP contribution >= 0.6 is 0 Å². The minimum atomic E-state index is -0.947. The number of nitrogens with zero attached hydrogens (tertiary/aromatic N) is 3. The molecule has 1 aliphatic carbocycles. The summed E-state index contributed by atoms with van der Waals surface area (Å²) in [5.74, 6) is -1.98. The molecule has 1 saturated heterocycles. The fraction of sp³-hybridized carbons (Fsp3) is 0.500. The number of hydrogen-bond acceptors (Lipinski definition) is 3. The standard InChI is InChI=1S/C20H24F2N4O/c1-13-14(11-25(2)24-13)12-26-7-5-20(6-8-26)10-16(20)19(27)23-15-3-4-17(21)18(22)9-15/h3-4,9,11,16H,5-8,10,12H2,1-2H3,(H,23,27). The number of rotatable bonds is 4. The number of halogens is 2. The number of likely N-dealkylation sites (tertiary alicyclic amines) is 1. The third kappa shape index (κ3) is 3.60. The molecular formula is C20H24F2N4O. The molecule has 0 radical (unpaired) electrons. The summed E-state index contributed by atoms with van der Waals surface area (Å²) in [6.45, 7) is 4.84. The summed E-state index contributed by atoms with van der Waals surface area (Å²) in [6, 6.07) is 3.46. The molecule has 1 N–H and O–H groups in total. The van der Waals surface area contributed by atoms with Crippen LogP contribution in [0.1, 0.15) is 30.5 Å². The molecule has 144 valence electrons. The zero-order chi connectivity index (χ0) is 19.2. The number of amides is 1. The van der Waals surface area contributed by atoms with Gasteiger partial charge in [0.05, 0.1) is 5.69 Å². The van der Waals surface area contributed by atoms with Crippen LogP contribution in [0, 0.1) is 29.9 Å². The van der Waals surface area contributed by atoms with E-state index in [4.69, 9.17) is 0 Å². The molecule has 1 aromatic carbocycles. The van der Waals surface area contributed by atoms with E-state index in [2.05, 4.69) is 21.5 Å². The van der Waals surface area contributed by atoms with Gasteiger partial charge in [-0.05, 0) is 56.8 Å². The van der Waals surface area contributed by atoms with Gasteiger partial charge in [-0.15, -0.1) is 0 Å². The number of anilines is 1. The summed E-state index contributed by atoms with van der Waals surface area (Å²) in [6.07, 6.45) is 4.92. The summed E-state index contributed by atoms with van der Waals surface area (Å²) in [5, 5.41) is 7.13. The molecule has 2 aliphatic rings. The van der Waals surface area contributed by atoms with Crippen LogP contribution in [0.3, 0.4) is 0 Å². The summed E-state index contributed by atoms with van der Waals surface area (Å²) in [4.78, 5) is 14.9. The van der Waals surface area contributed by atoms with Gasteiger partial charge in [0.1, 0.15) is 0 Å². The molecule has 2 aromatic rings. The predicted octanol–water partition coefficient (Wildman–Crippen LogP) is 3.25. The van der Waals surface area contributed by atoms with E-state index in [1.54, 1.807) is 0 Å². The third-order valence-electron chi connectivity index (χ3n) is 6.05. The number of benzene rings is 1. The number of hydrogen-bond donors (Lipinski definition) is 1. The number of carbonyl (C=O) groups is 1. The molecule has 1 amide bonds. The molecular weight excluding hydrogens is 350 g/mol. The van der Waals surface area contributed by atoms with Gasteiger partial charge in [-0.2, -0.15) is 5.10 Å². The van der Waals surface area contributed by atoms with Crippen LogP contribution in [0.4, 0.5) is 14.5 Å². The van der Waals surface area contributed by atoms with Crippen molar-refractivity contribution in [1.29, 1.82) is 0 Å². The Morgan fingerprint density at radius 3 is 2.67 bits per heavy atom. The highest BCUT2D eigenvalue weighted by molar-refractivity contribution is 5.95. The lowest BCUT2D eigenvalue weighted by Gasteiger charge is -2.32. The molecule has 5 nitrogen and oxygen atoms in total. The topological polar surface area (TPSA) is 50.2 Å². The molecule has 2 fully saturated rings. The first-order chi connectivity index (χ1) is 12.9. The zero-order valence-electron chi connectivity index (χ0n) is 15.6. The van der Waals surface area contributed by atoms with Crippen LogP contribution < -0.4 is 5.32 Å². The van der Waals surface area contributed by atoms with Gasteiger partial charge < -0.3 is 5.32 Å². The Morgan fingerprint density at radius 1 is 1.30 bits per heavy atom. The Balaban J connectivity index is 1.31. The molecule has 0 bridgehead atoms. The normalized spacial score (nSPS) is 21.4. The lowest BCUT2D eigenvalue weighted by Crippen LogP contribution is -2.35. The summed E-state index contributed by atoms with van der Waals surface area (Å²) in [5.41, 5.74) is 2.69. The molecule has 1 unspecified atom stereocenters. The van der Waals surface area contributed by atoms with Crippen LogP contribution in [0.15, 0.2) is 24.4 Å². The summed E-state index contributed by atoms with van der Waals surface area (Å²) >= 11 is 0. The van der Waals surface area contributed by atoms with Crippen LogP contribution in [0.25, 0.3) is 0 Å². The number of carbonyl (C=O) groups excluding carboxylic acids is 1. The highest BCUT2D eigenvalue weighted by atomic mass is 19.2. The second kappa shape index (κ2) is 6.71. The maximum atomic E-state index is 13.3. The molecule has 1 aliphatic heterocycles. The molecule has 1 aromatic heterocycles. The minimum absolute atomic E-state index is 0.0344. The summed E-state index contributed by atoms with van der Waals surface area (Å²) in [7, 11) is 1.93. The first kappa shape index (κ1) is 18.1. The second-order valence-corrected chi connectivity index (χ2v) is 7.93. The van der Waals surface area contributed by atoms with Crippen molar-refractivity contribution in [2.24, 2.45) is 18.4 Å². The maximum Gasteiger partial charge on any atom is 0.228 e. The predicted molar refractivity (Wildman–Crippen MR) is 98.0 cm³/mol. The molecule has 2 heterocycles. The van der Waals surface area contributed by atoms with E-state index >= 15 is 0 Å². The maximum absolute atomic E-state index is 13.3. The molecule has 27 heavy (non-hydrogen) atoms. The summed E-state index contributed by atoms with van der Waals surface area (Å²) < 4.78 is 28.2. The van der Waals surface area contributed by atoms with Crippen molar-refractivity contribution in [2.45, 2.75) is 32.7 Å². The van der Waals surface area contributed by atoms with Crippen molar-refractivity contribution in [1.82, 2.24) is 14.7 Å². The van der Waals surface area contributed by atoms with Crippen LogP contribution in [0.5, 0.6) is 0 Å². The van der Waals surface area contributed by atoms with E-state index in [1.807, 2.05) is 18.7 Å². The van der Waals surface area contributed by atoms with Gasteiger partial charge in [-0.3, -0.25) is 14.4 Å². The van der Waals surface area contributed by atoms with Gasteiger partial charge in [0.15, 0.2) is 11.6 Å². The average molecular weight is 374 g/mol. The monoisotopic (exact) mass is 374 g/mol. The van der Waals surface area contributed by atoms with Gasteiger partial charge >= 0.3 is 0 Å². The van der Waals surface area contributed by atoms with Crippen LogP contribution in [-0.2, 0) is 18.4 Å². The largest absolute Gasteiger partial charge is 0.326 e. The first-order valence-electron chi connectivity index (χ1n) is 9.34. The van der Waals surface area contributed by atoms with Gasteiger partial charge in [-0.1, -0.05) is 0 Å². The van der Waals surface area contributed by atoms with Gasteiger partial charge in [0, 0.05) is 43.0 Å². The van der Waals surface area contributed by atoms with E-state index in [0.717, 1.165) is 56.7 Å². The molecule has 1 atom stereocenters. The molecule has 1 spiro atoms.